The van der Waals surface area contributed by atoms with Crippen molar-refractivity contribution < 1.29 is 19.0 Å². The van der Waals surface area contributed by atoms with Crippen LogP contribution in [0.25, 0.3) is 0 Å². The van der Waals surface area contributed by atoms with Gasteiger partial charge < -0.3 is 19.5 Å². The van der Waals surface area contributed by atoms with Crippen LogP contribution < -0.4 is 5.32 Å². The molecule has 0 saturated carbocycles. The van der Waals surface area contributed by atoms with Crippen LogP contribution in [0.1, 0.15) is 19.3 Å². The van der Waals surface area contributed by atoms with Gasteiger partial charge in [0.1, 0.15) is 6.04 Å². The van der Waals surface area contributed by atoms with Crippen LogP contribution in [0.2, 0.25) is 0 Å². The number of rotatable bonds is 8. The minimum Gasteiger partial charge on any atom is -0.464 e. The van der Waals surface area contributed by atoms with Crippen molar-refractivity contribution in [3.05, 3.63) is 0 Å². The second-order valence-corrected chi connectivity index (χ2v) is 3.78. The van der Waals surface area contributed by atoms with Crippen molar-refractivity contribution in [1.82, 2.24) is 5.32 Å². The third-order valence-corrected chi connectivity index (χ3v) is 2.45. The second-order valence-electron chi connectivity index (χ2n) is 3.78. The molecule has 0 aromatic carbocycles. The lowest BCUT2D eigenvalue weighted by Crippen LogP contribution is -2.32. The first-order chi connectivity index (χ1) is 7.84. The molecule has 1 fully saturated rings. The van der Waals surface area contributed by atoms with Gasteiger partial charge in [-0.2, -0.15) is 0 Å². The summed E-state index contributed by atoms with van der Waals surface area (Å²) in [7, 11) is 1.64. The summed E-state index contributed by atoms with van der Waals surface area (Å²) in [6.45, 7) is 3.15. The summed E-state index contributed by atoms with van der Waals surface area (Å²) < 4.78 is 15.2. The molecule has 0 aliphatic carbocycles. The Bertz CT molecular complexity index is 192. The van der Waals surface area contributed by atoms with Crippen LogP contribution in [0.5, 0.6) is 0 Å². The highest BCUT2D eigenvalue weighted by molar-refractivity contribution is 5.76. The van der Waals surface area contributed by atoms with Gasteiger partial charge in [-0.1, -0.05) is 0 Å². The summed E-state index contributed by atoms with van der Waals surface area (Å²) in [5.41, 5.74) is 0. The lowest BCUT2D eigenvalue weighted by molar-refractivity contribution is -0.146. The van der Waals surface area contributed by atoms with E-state index in [1.54, 1.807) is 7.11 Å². The zero-order valence-corrected chi connectivity index (χ0v) is 9.87. The molecule has 5 nitrogen and oxygen atoms in total. The molecule has 0 amide bonds. The predicted octanol–water partition coefficient (Wildman–Crippen LogP) is 0.335. The molecular formula is C11H21NO4. The first kappa shape index (κ1) is 13.4. The molecule has 1 saturated heterocycles. The average Bonchev–Trinajstić information content (AvgIpc) is 2.81. The van der Waals surface area contributed by atoms with Gasteiger partial charge in [-0.3, -0.25) is 4.79 Å². The molecule has 0 bridgehead atoms. The van der Waals surface area contributed by atoms with Gasteiger partial charge in [0.05, 0.1) is 19.8 Å². The number of hydrogen-bond donors (Lipinski definition) is 1. The Labute approximate surface area is 96.4 Å². The van der Waals surface area contributed by atoms with E-state index in [1.807, 2.05) is 0 Å². The fourth-order valence-electron chi connectivity index (χ4n) is 1.56. The van der Waals surface area contributed by atoms with Gasteiger partial charge in [-0.25, -0.2) is 0 Å². The molecule has 0 spiro atoms. The largest absolute Gasteiger partial charge is 0.464 e. The molecule has 16 heavy (non-hydrogen) atoms. The van der Waals surface area contributed by atoms with Crippen LogP contribution in [0.4, 0.5) is 0 Å². The van der Waals surface area contributed by atoms with Crippen LogP contribution in [-0.4, -0.2) is 52.1 Å². The molecule has 0 aromatic heterocycles. The van der Waals surface area contributed by atoms with Gasteiger partial charge in [0.25, 0.3) is 0 Å². The van der Waals surface area contributed by atoms with Crippen LogP contribution >= 0.6 is 0 Å². The number of hydrogen-bond acceptors (Lipinski definition) is 5. The number of methoxy groups -OCH3 is 1. The maximum Gasteiger partial charge on any atom is 0.323 e. The topological polar surface area (TPSA) is 56.8 Å². The molecule has 1 heterocycles. The van der Waals surface area contributed by atoms with Crippen molar-refractivity contribution in [2.45, 2.75) is 25.3 Å². The zero-order chi connectivity index (χ0) is 11.6. The summed E-state index contributed by atoms with van der Waals surface area (Å²) in [6.07, 6.45) is 2.69. The van der Waals surface area contributed by atoms with E-state index in [1.165, 1.54) is 0 Å². The fourth-order valence-corrected chi connectivity index (χ4v) is 1.56. The molecule has 5 heteroatoms. The molecule has 0 aromatic rings. The molecule has 1 rings (SSSR count). The standard InChI is InChI=1S/C11H21NO4/c1-14-8-9-15-6-3-7-16-11(13)10-4-2-5-12-10/h10,12H,2-9H2,1H3/t10-/m1/s1. The average molecular weight is 231 g/mol. The Morgan fingerprint density at radius 3 is 2.88 bits per heavy atom. The number of nitrogens with one attached hydrogen (secondary N) is 1. The van der Waals surface area contributed by atoms with Gasteiger partial charge in [0.2, 0.25) is 0 Å². The number of carbonyl (C=O) groups excluding carboxylic acids is 1. The monoisotopic (exact) mass is 231 g/mol. The molecule has 1 aliphatic rings. The van der Waals surface area contributed by atoms with Crippen molar-refractivity contribution in [3.63, 3.8) is 0 Å². The Balaban J connectivity index is 1.88. The molecule has 0 radical (unpaired) electrons. The number of esters is 1. The highest BCUT2D eigenvalue weighted by atomic mass is 16.5. The van der Waals surface area contributed by atoms with Gasteiger partial charge in [-0.15, -0.1) is 0 Å². The summed E-state index contributed by atoms with van der Waals surface area (Å²) in [6, 6.07) is -0.0885. The Morgan fingerprint density at radius 1 is 1.31 bits per heavy atom. The van der Waals surface area contributed by atoms with Crippen LogP contribution in [0.3, 0.4) is 0 Å². The van der Waals surface area contributed by atoms with Crippen LogP contribution in [0.15, 0.2) is 0 Å². The summed E-state index contributed by atoms with van der Waals surface area (Å²) in [4.78, 5) is 11.4. The highest BCUT2D eigenvalue weighted by Crippen LogP contribution is 2.06. The second kappa shape index (κ2) is 8.50. The molecule has 94 valence electrons. The Kier molecular flexibility index (Phi) is 7.12. The van der Waals surface area contributed by atoms with E-state index in [0.29, 0.717) is 26.4 Å². The summed E-state index contributed by atoms with van der Waals surface area (Å²) in [5, 5.41) is 3.10. The van der Waals surface area contributed by atoms with Crippen LogP contribution in [-0.2, 0) is 19.0 Å². The third kappa shape index (κ3) is 5.44. The maximum absolute atomic E-state index is 11.4. The quantitative estimate of drug-likeness (QED) is 0.482. The van der Waals surface area contributed by atoms with Gasteiger partial charge in [0, 0.05) is 20.1 Å². The Hall–Kier alpha value is -0.650. The van der Waals surface area contributed by atoms with Gasteiger partial charge in [-0.05, 0) is 19.4 Å². The minimum absolute atomic E-state index is 0.0885. The zero-order valence-electron chi connectivity index (χ0n) is 9.87. The molecular weight excluding hydrogens is 210 g/mol. The molecule has 1 aliphatic heterocycles. The lowest BCUT2D eigenvalue weighted by Gasteiger charge is -2.10. The van der Waals surface area contributed by atoms with Crippen molar-refractivity contribution in [2.24, 2.45) is 0 Å². The van der Waals surface area contributed by atoms with Crippen molar-refractivity contribution in [3.8, 4) is 0 Å². The van der Waals surface area contributed by atoms with E-state index in [2.05, 4.69) is 5.32 Å². The van der Waals surface area contributed by atoms with E-state index in [-0.39, 0.29) is 12.0 Å². The fraction of sp³-hybridized carbons (Fsp3) is 0.909. The van der Waals surface area contributed by atoms with Crippen molar-refractivity contribution in [2.75, 3.05) is 40.1 Å². The smallest absolute Gasteiger partial charge is 0.323 e. The lowest BCUT2D eigenvalue weighted by atomic mass is 10.2. The van der Waals surface area contributed by atoms with Crippen molar-refractivity contribution in [1.29, 1.82) is 0 Å². The van der Waals surface area contributed by atoms with Crippen molar-refractivity contribution >= 4 is 5.97 Å². The number of ether oxygens (including phenoxy) is 3. The SMILES string of the molecule is COCCOCCCOC(=O)[C@H]1CCCN1. The van der Waals surface area contributed by atoms with Gasteiger partial charge in [0.15, 0.2) is 0 Å². The maximum atomic E-state index is 11.4. The minimum atomic E-state index is -0.130. The normalized spacial score (nSPS) is 19.9. The van der Waals surface area contributed by atoms with Gasteiger partial charge >= 0.3 is 5.97 Å². The summed E-state index contributed by atoms with van der Waals surface area (Å²) in [5.74, 6) is -0.130. The predicted molar refractivity (Wildman–Crippen MR) is 59.3 cm³/mol. The molecule has 1 N–H and O–H groups in total. The van der Waals surface area contributed by atoms with Crippen LogP contribution in [0, 0.1) is 0 Å². The first-order valence-corrected chi connectivity index (χ1v) is 5.81. The summed E-state index contributed by atoms with van der Waals surface area (Å²) >= 11 is 0. The first-order valence-electron chi connectivity index (χ1n) is 5.81. The van der Waals surface area contributed by atoms with E-state index < -0.39 is 0 Å². The van der Waals surface area contributed by atoms with E-state index in [0.717, 1.165) is 25.8 Å². The van der Waals surface area contributed by atoms with E-state index in [4.69, 9.17) is 14.2 Å². The molecule has 0 unspecified atom stereocenters. The molecule has 1 atom stereocenters. The van der Waals surface area contributed by atoms with E-state index >= 15 is 0 Å². The highest BCUT2D eigenvalue weighted by Gasteiger charge is 2.22. The Morgan fingerprint density at radius 2 is 2.19 bits per heavy atom. The third-order valence-electron chi connectivity index (χ3n) is 2.45. The number of carbonyl (C=O) groups is 1. The van der Waals surface area contributed by atoms with E-state index in [9.17, 15) is 4.79 Å².